The molecule has 0 amide bonds. The summed E-state index contributed by atoms with van der Waals surface area (Å²) in [6.07, 6.45) is 1.80. The molecule has 0 aliphatic rings. The van der Waals surface area contributed by atoms with Gasteiger partial charge in [-0.3, -0.25) is 0 Å². The highest BCUT2D eigenvalue weighted by molar-refractivity contribution is 6.58. The number of ether oxygens (including phenoxy) is 1. The molecule has 0 spiro atoms. The maximum absolute atomic E-state index is 9.35. The Hall–Kier alpha value is -3.62. The zero-order valence-corrected chi connectivity index (χ0v) is 17.9. The van der Waals surface area contributed by atoms with Gasteiger partial charge in [-0.2, -0.15) is 0 Å². The predicted octanol–water partition coefficient (Wildman–Crippen LogP) is 2.22. The van der Waals surface area contributed by atoms with Crippen LogP contribution in [0.5, 0.6) is 5.75 Å². The minimum Gasteiger partial charge on any atom is -0.497 e. The number of aromatic nitrogens is 3. The lowest BCUT2D eigenvalue weighted by atomic mass is 9.80. The molecular formula is C24H25BN4O3. The molecule has 0 aliphatic heterocycles. The zero-order chi connectivity index (χ0) is 22.3. The highest BCUT2D eigenvalue weighted by Gasteiger charge is 2.14. The fourth-order valence-electron chi connectivity index (χ4n) is 3.53. The van der Waals surface area contributed by atoms with Crippen molar-refractivity contribution in [2.75, 3.05) is 12.0 Å². The van der Waals surface area contributed by atoms with Crippen molar-refractivity contribution in [3.8, 4) is 5.75 Å². The van der Waals surface area contributed by atoms with Gasteiger partial charge >= 0.3 is 7.12 Å². The molecule has 1 heterocycles. The van der Waals surface area contributed by atoms with Gasteiger partial charge < -0.3 is 19.7 Å². The molecule has 7 nitrogen and oxygen atoms in total. The van der Waals surface area contributed by atoms with E-state index < -0.39 is 7.12 Å². The fourth-order valence-corrected chi connectivity index (χ4v) is 3.53. The summed E-state index contributed by atoms with van der Waals surface area (Å²) < 4.78 is 7.14. The topological polar surface area (TPSA) is 83.6 Å². The molecule has 8 heteroatoms. The van der Waals surface area contributed by atoms with Crippen molar-refractivity contribution in [2.24, 2.45) is 0 Å². The van der Waals surface area contributed by atoms with Crippen molar-refractivity contribution < 1.29 is 14.8 Å². The lowest BCUT2D eigenvalue weighted by Gasteiger charge is -2.25. The van der Waals surface area contributed by atoms with Gasteiger partial charge in [0.1, 0.15) is 5.75 Å². The number of anilines is 1. The van der Waals surface area contributed by atoms with E-state index in [0.717, 1.165) is 28.3 Å². The van der Waals surface area contributed by atoms with Crippen molar-refractivity contribution >= 4 is 18.3 Å². The van der Waals surface area contributed by atoms with Crippen LogP contribution >= 0.6 is 0 Å². The molecule has 4 aromatic rings. The van der Waals surface area contributed by atoms with Gasteiger partial charge in [-0.15, -0.1) is 5.10 Å². The van der Waals surface area contributed by atoms with Crippen LogP contribution in [0.1, 0.15) is 16.8 Å². The molecular weight excluding hydrogens is 403 g/mol. The van der Waals surface area contributed by atoms with Crippen LogP contribution in [0.3, 0.4) is 0 Å². The molecule has 0 saturated carbocycles. The lowest BCUT2D eigenvalue weighted by Crippen LogP contribution is -2.30. The Bertz CT molecular complexity index is 1120. The normalized spacial score (nSPS) is 10.7. The van der Waals surface area contributed by atoms with E-state index in [1.165, 1.54) is 0 Å². The van der Waals surface area contributed by atoms with Crippen LogP contribution in [-0.2, 0) is 19.6 Å². The first-order valence-corrected chi connectivity index (χ1v) is 10.4. The molecule has 0 fully saturated rings. The molecule has 0 radical (unpaired) electrons. The molecule has 1 aromatic heterocycles. The van der Waals surface area contributed by atoms with E-state index >= 15 is 0 Å². The van der Waals surface area contributed by atoms with E-state index in [1.807, 2.05) is 59.3 Å². The minimum atomic E-state index is -1.47. The smallest absolute Gasteiger partial charge is 0.488 e. The maximum atomic E-state index is 9.35. The van der Waals surface area contributed by atoms with Crippen LogP contribution in [0.2, 0.25) is 0 Å². The standard InChI is InChI=1S/C24H25BN4O3/c1-32-24-13-9-20(10-14-24)17-29-23(15-26-27-29)18-28(22-5-3-2-4-6-22)16-19-7-11-21(12-8-19)25(30)31/h2-15,30-31H,16-18H2,1H3. The van der Waals surface area contributed by atoms with Crippen molar-refractivity contribution in [2.45, 2.75) is 19.6 Å². The highest BCUT2D eigenvalue weighted by Crippen LogP contribution is 2.20. The summed E-state index contributed by atoms with van der Waals surface area (Å²) in [6.45, 7) is 1.89. The van der Waals surface area contributed by atoms with E-state index in [4.69, 9.17) is 4.74 Å². The third kappa shape index (κ3) is 5.35. The van der Waals surface area contributed by atoms with Gasteiger partial charge in [-0.1, -0.05) is 59.8 Å². The van der Waals surface area contributed by atoms with Crippen molar-refractivity contribution in [3.05, 3.63) is 102 Å². The summed E-state index contributed by atoms with van der Waals surface area (Å²) in [5.74, 6) is 0.822. The number of rotatable bonds is 9. The Morgan fingerprint density at radius 3 is 2.22 bits per heavy atom. The first-order valence-electron chi connectivity index (χ1n) is 10.4. The number of benzene rings is 3. The Balaban J connectivity index is 1.54. The monoisotopic (exact) mass is 428 g/mol. The Labute approximate surface area is 187 Å². The second-order valence-corrected chi connectivity index (χ2v) is 7.54. The first-order chi connectivity index (χ1) is 15.6. The molecule has 2 N–H and O–H groups in total. The Morgan fingerprint density at radius 1 is 0.875 bits per heavy atom. The van der Waals surface area contributed by atoms with Gasteiger partial charge in [-0.05, 0) is 40.9 Å². The minimum absolute atomic E-state index is 0.474. The third-order valence-electron chi connectivity index (χ3n) is 5.31. The van der Waals surface area contributed by atoms with Gasteiger partial charge in [0, 0.05) is 12.2 Å². The van der Waals surface area contributed by atoms with Gasteiger partial charge in [0.25, 0.3) is 0 Å². The van der Waals surface area contributed by atoms with Crippen LogP contribution in [0, 0.1) is 0 Å². The van der Waals surface area contributed by atoms with E-state index in [2.05, 4.69) is 27.3 Å². The lowest BCUT2D eigenvalue weighted by molar-refractivity contribution is 0.414. The number of hydrogen-bond acceptors (Lipinski definition) is 6. The quantitative estimate of drug-likeness (QED) is 0.398. The molecule has 162 valence electrons. The Kier molecular flexibility index (Phi) is 6.84. The first kappa shape index (κ1) is 21.6. The number of hydrogen-bond donors (Lipinski definition) is 2. The van der Waals surface area contributed by atoms with Gasteiger partial charge in [0.2, 0.25) is 0 Å². The molecule has 3 aromatic carbocycles. The molecule has 0 unspecified atom stereocenters. The largest absolute Gasteiger partial charge is 0.497 e. The van der Waals surface area contributed by atoms with E-state index in [-0.39, 0.29) is 0 Å². The van der Waals surface area contributed by atoms with E-state index in [9.17, 15) is 10.0 Å². The molecule has 32 heavy (non-hydrogen) atoms. The molecule has 4 rings (SSSR count). The van der Waals surface area contributed by atoms with Gasteiger partial charge in [0.05, 0.1) is 32.1 Å². The second-order valence-electron chi connectivity index (χ2n) is 7.54. The summed E-state index contributed by atoms with van der Waals surface area (Å²) >= 11 is 0. The molecule has 0 aliphatic carbocycles. The second kappa shape index (κ2) is 10.1. The highest BCUT2D eigenvalue weighted by atomic mass is 16.5. The predicted molar refractivity (Wildman–Crippen MR) is 125 cm³/mol. The average Bonchev–Trinajstić information content (AvgIpc) is 3.26. The molecule has 0 bridgehead atoms. The van der Waals surface area contributed by atoms with E-state index in [0.29, 0.717) is 25.1 Å². The van der Waals surface area contributed by atoms with Crippen molar-refractivity contribution in [3.63, 3.8) is 0 Å². The summed E-state index contributed by atoms with van der Waals surface area (Å²) in [7, 11) is 0.190. The van der Waals surface area contributed by atoms with Crippen LogP contribution in [0.15, 0.2) is 85.1 Å². The zero-order valence-electron chi connectivity index (χ0n) is 17.9. The van der Waals surface area contributed by atoms with Crippen molar-refractivity contribution in [1.29, 1.82) is 0 Å². The number of para-hydroxylation sites is 1. The Morgan fingerprint density at radius 2 is 1.56 bits per heavy atom. The molecule has 0 atom stereocenters. The maximum Gasteiger partial charge on any atom is 0.488 e. The summed E-state index contributed by atoms with van der Waals surface area (Å²) in [5.41, 5.74) is 4.72. The van der Waals surface area contributed by atoms with Crippen LogP contribution in [0.4, 0.5) is 5.69 Å². The van der Waals surface area contributed by atoms with Crippen LogP contribution < -0.4 is 15.1 Å². The summed E-state index contributed by atoms with van der Waals surface area (Å²) in [4.78, 5) is 2.24. The molecule has 0 saturated heterocycles. The van der Waals surface area contributed by atoms with Gasteiger partial charge in [-0.25, -0.2) is 4.68 Å². The number of methoxy groups -OCH3 is 1. The SMILES string of the molecule is COc1ccc(Cn2nncc2CN(Cc2ccc(B(O)O)cc2)c2ccccc2)cc1. The number of nitrogens with zero attached hydrogens (tertiary/aromatic N) is 4. The fraction of sp³-hybridized carbons (Fsp3) is 0.167. The third-order valence-corrected chi connectivity index (χ3v) is 5.31. The summed E-state index contributed by atoms with van der Waals surface area (Å²) in [6, 6.07) is 25.4. The van der Waals surface area contributed by atoms with Gasteiger partial charge in [0.15, 0.2) is 0 Å². The van der Waals surface area contributed by atoms with Crippen LogP contribution in [-0.4, -0.2) is 39.3 Å². The van der Waals surface area contributed by atoms with Crippen molar-refractivity contribution in [1.82, 2.24) is 15.0 Å². The van der Waals surface area contributed by atoms with E-state index in [1.54, 1.807) is 25.4 Å². The average molecular weight is 428 g/mol. The summed E-state index contributed by atoms with van der Waals surface area (Å²) in [5, 5.41) is 27.1. The van der Waals surface area contributed by atoms with Crippen LogP contribution in [0.25, 0.3) is 0 Å².